The first-order valence-electron chi connectivity index (χ1n) is 5.74. The number of hydrogen-bond acceptors (Lipinski definition) is 2. The highest BCUT2D eigenvalue weighted by molar-refractivity contribution is 14.1. The molecule has 3 rings (SSSR count). The zero-order valence-electron chi connectivity index (χ0n) is 9.96. The van der Waals surface area contributed by atoms with Gasteiger partial charge in [0.25, 0.3) is 0 Å². The Bertz CT molecular complexity index is 616. The topological polar surface area (TPSA) is 37.0 Å². The minimum atomic E-state index is 0.859. The SMILES string of the molecule is COc1cc[nH]c1/C=C1\CNc2cccc(I)c21. The first kappa shape index (κ1) is 11.6. The normalized spacial score (nSPS) is 15.6. The van der Waals surface area contributed by atoms with E-state index >= 15 is 0 Å². The summed E-state index contributed by atoms with van der Waals surface area (Å²) < 4.78 is 6.59. The average Bonchev–Trinajstić information content (AvgIpc) is 2.97. The minimum Gasteiger partial charge on any atom is -0.495 e. The second kappa shape index (κ2) is 4.68. The van der Waals surface area contributed by atoms with Crippen LogP contribution in [0, 0.1) is 3.57 Å². The molecule has 0 amide bonds. The molecule has 0 spiro atoms. The van der Waals surface area contributed by atoms with Crippen molar-refractivity contribution in [3.63, 3.8) is 0 Å². The zero-order chi connectivity index (χ0) is 12.5. The van der Waals surface area contributed by atoms with Gasteiger partial charge in [-0.1, -0.05) is 6.07 Å². The fourth-order valence-electron chi connectivity index (χ4n) is 2.23. The minimum absolute atomic E-state index is 0.859. The van der Waals surface area contributed by atoms with E-state index in [0.717, 1.165) is 18.0 Å². The van der Waals surface area contributed by atoms with Gasteiger partial charge in [-0.15, -0.1) is 0 Å². The van der Waals surface area contributed by atoms with Gasteiger partial charge in [0, 0.05) is 27.6 Å². The summed E-state index contributed by atoms with van der Waals surface area (Å²) in [6.45, 7) is 0.859. The second-order valence-corrected chi connectivity index (χ2v) is 5.31. The van der Waals surface area contributed by atoms with Crippen molar-refractivity contribution in [1.82, 2.24) is 4.98 Å². The summed E-state index contributed by atoms with van der Waals surface area (Å²) >= 11 is 2.38. The number of anilines is 1. The Morgan fingerprint density at radius 3 is 3.06 bits per heavy atom. The molecule has 1 aliphatic heterocycles. The molecule has 2 aromatic rings. The van der Waals surface area contributed by atoms with Gasteiger partial charge in [-0.2, -0.15) is 0 Å². The largest absolute Gasteiger partial charge is 0.495 e. The fraction of sp³-hybridized carbons (Fsp3) is 0.143. The quantitative estimate of drug-likeness (QED) is 0.811. The predicted octanol–water partition coefficient (Wildman–Crippen LogP) is 3.59. The molecule has 2 N–H and O–H groups in total. The zero-order valence-corrected chi connectivity index (χ0v) is 12.1. The van der Waals surface area contributed by atoms with Gasteiger partial charge in [0.05, 0.1) is 12.8 Å². The van der Waals surface area contributed by atoms with E-state index in [0.29, 0.717) is 0 Å². The molecule has 0 radical (unpaired) electrons. The van der Waals surface area contributed by atoms with Gasteiger partial charge in [-0.3, -0.25) is 0 Å². The highest BCUT2D eigenvalue weighted by Crippen LogP contribution is 2.36. The molecule has 4 heteroatoms. The number of halogens is 1. The third kappa shape index (κ3) is 1.90. The highest BCUT2D eigenvalue weighted by atomic mass is 127. The number of hydrogen-bond donors (Lipinski definition) is 2. The molecule has 0 unspecified atom stereocenters. The van der Waals surface area contributed by atoms with Crippen molar-refractivity contribution < 1.29 is 4.74 Å². The molecule has 92 valence electrons. The van der Waals surface area contributed by atoms with E-state index in [1.807, 2.05) is 12.3 Å². The Kier molecular flexibility index (Phi) is 3.03. The summed E-state index contributed by atoms with van der Waals surface area (Å²) in [6.07, 6.45) is 4.05. The van der Waals surface area contributed by atoms with Crippen molar-refractivity contribution in [3.8, 4) is 5.75 Å². The van der Waals surface area contributed by atoms with Gasteiger partial charge in [0.15, 0.2) is 0 Å². The van der Waals surface area contributed by atoms with E-state index in [1.165, 1.54) is 20.4 Å². The maximum atomic E-state index is 5.32. The van der Waals surface area contributed by atoms with Gasteiger partial charge in [0.1, 0.15) is 5.75 Å². The monoisotopic (exact) mass is 352 g/mol. The van der Waals surface area contributed by atoms with Crippen LogP contribution in [0.15, 0.2) is 30.5 Å². The first-order valence-corrected chi connectivity index (χ1v) is 6.82. The Labute approximate surface area is 119 Å². The van der Waals surface area contributed by atoms with E-state index in [1.54, 1.807) is 7.11 Å². The molecule has 0 saturated heterocycles. The fourth-order valence-corrected chi connectivity index (χ4v) is 3.08. The van der Waals surface area contributed by atoms with Crippen molar-refractivity contribution in [2.24, 2.45) is 0 Å². The van der Waals surface area contributed by atoms with Gasteiger partial charge >= 0.3 is 0 Å². The summed E-state index contributed by atoms with van der Waals surface area (Å²) in [5.74, 6) is 0.877. The molecule has 0 fully saturated rings. The summed E-state index contributed by atoms with van der Waals surface area (Å²) in [5, 5.41) is 3.41. The molecule has 0 atom stereocenters. The molecule has 3 nitrogen and oxygen atoms in total. The Hall–Kier alpha value is -1.43. The third-order valence-corrected chi connectivity index (χ3v) is 3.98. The summed E-state index contributed by atoms with van der Waals surface area (Å²) in [7, 11) is 1.69. The van der Waals surface area contributed by atoms with Crippen LogP contribution in [0.4, 0.5) is 5.69 Å². The number of aromatic nitrogens is 1. The standard InChI is InChI=1S/C14H13IN2O/c1-18-13-5-6-16-12(13)7-9-8-17-11-4-2-3-10(15)14(9)11/h2-7,16-17H,8H2,1H3/b9-7+. The van der Waals surface area contributed by atoms with Crippen molar-refractivity contribution in [3.05, 3.63) is 45.3 Å². The second-order valence-electron chi connectivity index (χ2n) is 4.15. The average molecular weight is 352 g/mol. The Morgan fingerprint density at radius 1 is 1.33 bits per heavy atom. The molecule has 0 aliphatic carbocycles. The van der Waals surface area contributed by atoms with Crippen LogP contribution >= 0.6 is 22.6 Å². The maximum Gasteiger partial charge on any atom is 0.143 e. The van der Waals surface area contributed by atoms with Crippen LogP contribution in [0.3, 0.4) is 0 Å². The van der Waals surface area contributed by atoms with Crippen LogP contribution in [0.1, 0.15) is 11.3 Å². The number of nitrogens with one attached hydrogen (secondary N) is 2. The first-order chi connectivity index (χ1) is 8.79. The number of fused-ring (bicyclic) bond motifs is 1. The number of ether oxygens (including phenoxy) is 1. The highest BCUT2D eigenvalue weighted by Gasteiger charge is 2.18. The number of methoxy groups -OCH3 is 1. The van der Waals surface area contributed by atoms with Crippen molar-refractivity contribution in [2.45, 2.75) is 0 Å². The van der Waals surface area contributed by atoms with Gasteiger partial charge < -0.3 is 15.0 Å². The van der Waals surface area contributed by atoms with Crippen LogP contribution in [-0.4, -0.2) is 18.6 Å². The molecule has 1 aliphatic rings. The molecule has 1 aromatic carbocycles. The molecule has 2 heterocycles. The van der Waals surface area contributed by atoms with Crippen molar-refractivity contribution in [1.29, 1.82) is 0 Å². The van der Waals surface area contributed by atoms with E-state index in [9.17, 15) is 0 Å². The molecule has 0 saturated carbocycles. The summed E-state index contributed by atoms with van der Waals surface area (Å²) in [4.78, 5) is 3.20. The van der Waals surface area contributed by atoms with Crippen LogP contribution in [0.5, 0.6) is 5.75 Å². The molecular formula is C14H13IN2O. The lowest BCUT2D eigenvalue weighted by Gasteiger charge is -2.03. The van der Waals surface area contributed by atoms with Crippen LogP contribution in [0.25, 0.3) is 11.6 Å². The van der Waals surface area contributed by atoms with Gasteiger partial charge in [0.2, 0.25) is 0 Å². The lowest BCUT2D eigenvalue weighted by molar-refractivity contribution is 0.414. The van der Waals surface area contributed by atoms with Crippen LogP contribution < -0.4 is 10.1 Å². The van der Waals surface area contributed by atoms with Crippen LogP contribution in [0.2, 0.25) is 0 Å². The van der Waals surface area contributed by atoms with Gasteiger partial charge in [-0.05, 0) is 52.4 Å². The lowest BCUT2D eigenvalue weighted by Crippen LogP contribution is -1.92. The lowest BCUT2D eigenvalue weighted by atomic mass is 10.1. The Balaban J connectivity index is 2.07. The summed E-state index contributed by atoms with van der Waals surface area (Å²) in [6, 6.07) is 8.26. The van der Waals surface area contributed by atoms with E-state index < -0.39 is 0 Å². The maximum absolute atomic E-state index is 5.32. The van der Waals surface area contributed by atoms with Crippen molar-refractivity contribution in [2.75, 3.05) is 19.0 Å². The van der Waals surface area contributed by atoms with E-state index in [4.69, 9.17) is 4.74 Å². The third-order valence-electron chi connectivity index (χ3n) is 3.08. The van der Waals surface area contributed by atoms with E-state index in [2.05, 4.69) is 57.2 Å². The number of benzene rings is 1. The molecule has 1 aromatic heterocycles. The molecular weight excluding hydrogens is 339 g/mol. The van der Waals surface area contributed by atoms with Crippen LogP contribution in [-0.2, 0) is 0 Å². The van der Waals surface area contributed by atoms with Crippen molar-refractivity contribution >= 4 is 39.9 Å². The number of aromatic amines is 1. The molecule has 0 bridgehead atoms. The predicted molar refractivity (Wildman–Crippen MR) is 82.9 cm³/mol. The molecule has 18 heavy (non-hydrogen) atoms. The Morgan fingerprint density at radius 2 is 2.22 bits per heavy atom. The number of H-pyrrole nitrogens is 1. The van der Waals surface area contributed by atoms with E-state index in [-0.39, 0.29) is 0 Å². The smallest absolute Gasteiger partial charge is 0.143 e. The number of rotatable bonds is 2. The van der Waals surface area contributed by atoms with Gasteiger partial charge in [-0.25, -0.2) is 0 Å². The summed E-state index contributed by atoms with van der Waals surface area (Å²) in [5.41, 5.74) is 4.81.